The molecule has 1 nitrogen and oxygen atoms in total. The van der Waals surface area contributed by atoms with Gasteiger partial charge in [0.1, 0.15) is 11.4 Å². The summed E-state index contributed by atoms with van der Waals surface area (Å²) in [5.41, 5.74) is 1.40. The molecule has 0 spiro atoms. The fourth-order valence-electron chi connectivity index (χ4n) is 2.71. The first kappa shape index (κ1) is 9.02. The van der Waals surface area contributed by atoms with E-state index in [1.807, 2.05) is 0 Å². The van der Waals surface area contributed by atoms with E-state index in [1.165, 1.54) is 5.56 Å². The third-order valence-electron chi connectivity index (χ3n) is 3.76. The fraction of sp³-hybridized carbons (Fsp3) is 0.429. The van der Waals surface area contributed by atoms with Crippen molar-refractivity contribution in [2.45, 2.75) is 31.8 Å². The molecule has 2 atom stereocenters. The highest BCUT2D eigenvalue weighted by atomic mass is 16.5. The highest BCUT2D eigenvalue weighted by molar-refractivity contribution is 5.37. The number of ether oxygens (including phenoxy) is 1. The van der Waals surface area contributed by atoms with Crippen molar-refractivity contribution in [1.82, 2.24) is 0 Å². The normalized spacial score (nSPS) is 32.7. The number of para-hydroxylation sites is 1. The molecule has 78 valence electrons. The van der Waals surface area contributed by atoms with Crippen LogP contribution in [0.2, 0.25) is 0 Å². The molecule has 2 aliphatic rings. The number of benzene rings is 1. The van der Waals surface area contributed by atoms with Crippen molar-refractivity contribution in [2.24, 2.45) is 5.92 Å². The Morgan fingerprint density at radius 1 is 1.27 bits per heavy atom. The molecule has 0 N–H and O–H groups in total. The Bertz CT molecular complexity index is 408. The van der Waals surface area contributed by atoms with Gasteiger partial charge in [0, 0.05) is 12.3 Å². The topological polar surface area (TPSA) is 9.23 Å². The zero-order chi connectivity index (χ0) is 10.3. The lowest BCUT2D eigenvalue weighted by Gasteiger charge is -2.43. The second-order valence-electron chi connectivity index (χ2n) is 4.83. The van der Waals surface area contributed by atoms with Crippen LogP contribution in [0.15, 0.2) is 36.4 Å². The minimum Gasteiger partial charge on any atom is -0.487 e. The molecule has 15 heavy (non-hydrogen) atoms. The van der Waals surface area contributed by atoms with Crippen molar-refractivity contribution in [3.8, 4) is 5.75 Å². The fourth-order valence-corrected chi connectivity index (χ4v) is 2.71. The molecule has 3 rings (SSSR count). The largest absolute Gasteiger partial charge is 0.487 e. The predicted molar refractivity (Wildman–Crippen MR) is 61.0 cm³/mol. The molecule has 1 aromatic rings. The second-order valence-corrected chi connectivity index (χ2v) is 4.83. The Balaban J connectivity index is 2.01. The first-order valence-corrected chi connectivity index (χ1v) is 5.70. The zero-order valence-corrected chi connectivity index (χ0v) is 9.07. The van der Waals surface area contributed by atoms with Gasteiger partial charge < -0.3 is 4.74 Å². The summed E-state index contributed by atoms with van der Waals surface area (Å²) in [4.78, 5) is 0. The Hall–Kier alpha value is -1.24. The van der Waals surface area contributed by atoms with Gasteiger partial charge in [0.2, 0.25) is 0 Å². The van der Waals surface area contributed by atoms with E-state index in [2.05, 4.69) is 43.3 Å². The lowest BCUT2D eigenvalue weighted by Crippen LogP contribution is -2.45. The molecular weight excluding hydrogens is 184 g/mol. The van der Waals surface area contributed by atoms with E-state index in [0.717, 1.165) is 25.0 Å². The van der Waals surface area contributed by atoms with Crippen molar-refractivity contribution in [1.29, 1.82) is 0 Å². The van der Waals surface area contributed by atoms with Gasteiger partial charge in [0.25, 0.3) is 0 Å². The van der Waals surface area contributed by atoms with E-state index < -0.39 is 0 Å². The van der Waals surface area contributed by atoms with Crippen LogP contribution in [0.25, 0.3) is 0 Å². The van der Waals surface area contributed by atoms with Crippen LogP contribution >= 0.6 is 0 Å². The van der Waals surface area contributed by atoms with E-state index in [9.17, 15) is 0 Å². The first-order valence-electron chi connectivity index (χ1n) is 5.70. The summed E-state index contributed by atoms with van der Waals surface area (Å²) in [5.74, 6) is 1.74. The van der Waals surface area contributed by atoms with Crippen LogP contribution < -0.4 is 4.74 Å². The Morgan fingerprint density at radius 3 is 3.07 bits per heavy atom. The van der Waals surface area contributed by atoms with Crippen LogP contribution in [0.5, 0.6) is 5.75 Å². The van der Waals surface area contributed by atoms with Crippen LogP contribution in [-0.4, -0.2) is 5.60 Å². The standard InChI is InChI=1S/C14H16O/c1-14-9-5-4-7-12(14)10-11-6-2-3-8-13(11)15-14/h2-6,8,12H,7,9-10H2,1H3/t12-,14+/m0/s1. The van der Waals surface area contributed by atoms with Crippen LogP contribution in [0.3, 0.4) is 0 Å². The van der Waals surface area contributed by atoms with Gasteiger partial charge in [-0.25, -0.2) is 0 Å². The van der Waals surface area contributed by atoms with E-state index >= 15 is 0 Å². The lowest BCUT2D eigenvalue weighted by molar-refractivity contribution is 0.00840. The molecule has 0 radical (unpaired) electrons. The average molecular weight is 200 g/mol. The van der Waals surface area contributed by atoms with Crippen LogP contribution in [0, 0.1) is 5.92 Å². The van der Waals surface area contributed by atoms with Crippen molar-refractivity contribution in [2.75, 3.05) is 0 Å². The van der Waals surface area contributed by atoms with E-state index in [1.54, 1.807) is 0 Å². The quantitative estimate of drug-likeness (QED) is 0.583. The summed E-state index contributed by atoms with van der Waals surface area (Å²) in [5, 5.41) is 0. The Labute approximate surface area is 90.8 Å². The van der Waals surface area contributed by atoms with Gasteiger partial charge in [-0.2, -0.15) is 0 Å². The molecule has 0 amide bonds. The molecule has 0 saturated heterocycles. The monoisotopic (exact) mass is 200 g/mol. The SMILES string of the molecule is C[C@@]12CC=CC[C@H]1Cc1ccccc1O2. The maximum absolute atomic E-state index is 6.17. The van der Waals surface area contributed by atoms with Gasteiger partial charge in [0.05, 0.1) is 0 Å². The van der Waals surface area contributed by atoms with Crippen LogP contribution in [0.4, 0.5) is 0 Å². The zero-order valence-electron chi connectivity index (χ0n) is 9.07. The molecule has 1 aromatic carbocycles. The van der Waals surface area contributed by atoms with Gasteiger partial charge in [-0.15, -0.1) is 0 Å². The summed E-state index contributed by atoms with van der Waals surface area (Å²) < 4.78 is 6.17. The average Bonchev–Trinajstić information content (AvgIpc) is 2.25. The predicted octanol–water partition coefficient (Wildman–Crippen LogP) is 3.35. The summed E-state index contributed by atoms with van der Waals surface area (Å²) in [6, 6.07) is 8.44. The van der Waals surface area contributed by atoms with Crippen molar-refractivity contribution >= 4 is 0 Å². The van der Waals surface area contributed by atoms with E-state index in [-0.39, 0.29) is 5.60 Å². The smallest absolute Gasteiger partial charge is 0.123 e. The highest BCUT2D eigenvalue weighted by Crippen LogP contribution is 2.42. The van der Waals surface area contributed by atoms with Crippen molar-refractivity contribution < 1.29 is 4.74 Å². The van der Waals surface area contributed by atoms with Crippen LogP contribution in [0.1, 0.15) is 25.3 Å². The number of rotatable bonds is 0. The number of allylic oxidation sites excluding steroid dienone is 1. The number of hydrogen-bond donors (Lipinski definition) is 0. The number of hydrogen-bond acceptors (Lipinski definition) is 1. The maximum atomic E-state index is 6.17. The van der Waals surface area contributed by atoms with Crippen LogP contribution in [-0.2, 0) is 6.42 Å². The molecule has 0 saturated carbocycles. The molecule has 0 aromatic heterocycles. The molecule has 0 fully saturated rings. The van der Waals surface area contributed by atoms with Gasteiger partial charge in [-0.05, 0) is 31.4 Å². The first-order chi connectivity index (χ1) is 7.28. The Morgan fingerprint density at radius 2 is 2.13 bits per heavy atom. The minimum absolute atomic E-state index is 0.0309. The second kappa shape index (κ2) is 3.13. The molecule has 1 aliphatic carbocycles. The highest BCUT2D eigenvalue weighted by Gasteiger charge is 2.40. The maximum Gasteiger partial charge on any atom is 0.123 e. The number of fused-ring (bicyclic) bond motifs is 2. The Kier molecular flexibility index (Phi) is 1.88. The summed E-state index contributed by atoms with van der Waals surface area (Å²) >= 11 is 0. The molecule has 1 aliphatic heterocycles. The third-order valence-corrected chi connectivity index (χ3v) is 3.76. The van der Waals surface area contributed by atoms with Gasteiger partial charge in [-0.3, -0.25) is 0 Å². The van der Waals surface area contributed by atoms with E-state index in [0.29, 0.717) is 5.92 Å². The molecular formula is C14H16O. The molecule has 0 unspecified atom stereocenters. The molecule has 1 heteroatoms. The minimum atomic E-state index is 0.0309. The summed E-state index contributed by atoms with van der Waals surface area (Å²) in [6.45, 7) is 2.25. The van der Waals surface area contributed by atoms with Gasteiger partial charge >= 0.3 is 0 Å². The molecule has 0 bridgehead atoms. The van der Waals surface area contributed by atoms with E-state index in [4.69, 9.17) is 4.74 Å². The van der Waals surface area contributed by atoms with Gasteiger partial charge in [-0.1, -0.05) is 30.4 Å². The lowest BCUT2D eigenvalue weighted by atomic mass is 9.75. The third kappa shape index (κ3) is 1.38. The van der Waals surface area contributed by atoms with Gasteiger partial charge in [0.15, 0.2) is 0 Å². The molecule has 1 heterocycles. The van der Waals surface area contributed by atoms with Crippen molar-refractivity contribution in [3.63, 3.8) is 0 Å². The summed E-state index contributed by atoms with van der Waals surface area (Å²) in [6.07, 6.45) is 7.92. The summed E-state index contributed by atoms with van der Waals surface area (Å²) in [7, 11) is 0. The van der Waals surface area contributed by atoms with Crippen molar-refractivity contribution in [3.05, 3.63) is 42.0 Å².